The number of phenolic OH excluding ortho intramolecular Hbond substituents is 1. The van der Waals surface area contributed by atoms with Gasteiger partial charge in [-0.1, -0.05) is 85.0 Å². The summed E-state index contributed by atoms with van der Waals surface area (Å²) in [5.74, 6) is 1.77. The van der Waals surface area contributed by atoms with E-state index in [-0.39, 0.29) is 14.9 Å². The van der Waals surface area contributed by atoms with Gasteiger partial charge in [-0.3, -0.25) is 0 Å². The van der Waals surface area contributed by atoms with Gasteiger partial charge in [0.1, 0.15) is 5.75 Å². The monoisotopic (exact) mass is 316 g/mol. The Balaban J connectivity index is 0. The lowest BCUT2D eigenvalue weighted by Gasteiger charge is -2.08. The minimum atomic E-state index is 0. The lowest BCUT2D eigenvalue weighted by Crippen LogP contribution is -1.94. The third-order valence-corrected chi connectivity index (χ3v) is 3.41. The number of hydrogen-bond donors (Lipinski definition) is 1. The summed E-state index contributed by atoms with van der Waals surface area (Å²) in [6, 6.07) is 16.3. The summed E-state index contributed by atoms with van der Waals surface area (Å²) in [4.78, 5) is 0. The molecule has 2 aromatic rings. The van der Waals surface area contributed by atoms with Gasteiger partial charge in [-0.25, -0.2) is 0 Å². The Morgan fingerprint density at radius 2 is 1.35 bits per heavy atom. The van der Waals surface area contributed by atoms with E-state index in [0.29, 0.717) is 11.7 Å². The molecule has 1 nitrogen and oxygen atoms in total. The van der Waals surface area contributed by atoms with Crippen LogP contribution in [0.25, 0.3) is 0 Å². The topological polar surface area (TPSA) is 20.2 Å². The minimum absolute atomic E-state index is 0. The van der Waals surface area contributed by atoms with Gasteiger partial charge in [0, 0.05) is 0 Å². The molecule has 0 aliphatic carbocycles. The number of para-hydroxylation sites is 1. The normalized spacial score (nSPS) is 9.52. The van der Waals surface area contributed by atoms with Crippen LogP contribution in [0.15, 0.2) is 48.5 Å². The molecule has 0 amide bonds. The molecule has 0 saturated carbocycles. The van der Waals surface area contributed by atoms with Crippen molar-refractivity contribution in [1.82, 2.24) is 0 Å². The molecule has 0 heterocycles. The van der Waals surface area contributed by atoms with Crippen LogP contribution in [0.4, 0.5) is 0 Å². The van der Waals surface area contributed by atoms with Gasteiger partial charge in [0.15, 0.2) is 0 Å². The molecule has 0 bridgehead atoms. The van der Waals surface area contributed by atoms with Crippen molar-refractivity contribution >= 4 is 0 Å². The Kier molecular flexibility index (Phi) is 12.0. The third-order valence-electron chi connectivity index (χ3n) is 3.41. The van der Waals surface area contributed by atoms with Crippen LogP contribution in [-0.4, -0.2) is 5.11 Å². The van der Waals surface area contributed by atoms with Gasteiger partial charge in [0.05, 0.1) is 0 Å². The van der Waals surface area contributed by atoms with E-state index in [0.717, 1.165) is 11.5 Å². The zero-order valence-corrected chi connectivity index (χ0v) is 13.9. The van der Waals surface area contributed by atoms with Crippen molar-refractivity contribution in [2.24, 2.45) is 5.92 Å². The molecule has 130 valence electrons. The average Bonchev–Trinajstić information content (AvgIpc) is 2.43. The summed E-state index contributed by atoms with van der Waals surface area (Å²) in [6.07, 6.45) is 1.19. The largest absolute Gasteiger partial charge is 0.508 e. The molecule has 0 saturated heterocycles. The van der Waals surface area contributed by atoms with E-state index in [4.69, 9.17) is 5.11 Å². The van der Waals surface area contributed by atoms with E-state index in [2.05, 4.69) is 52.0 Å². The number of benzene rings is 2. The lowest BCUT2D eigenvalue weighted by atomic mass is 9.98. The maximum absolute atomic E-state index is 8.92. The second-order valence-electron chi connectivity index (χ2n) is 6.28. The number of aryl methyl sites for hydroxylation is 1. The highest BCUT2D eigenvalue weighted by Crippen LogP contribution is 2.16. The van der Waals surface area contributed by atoms with Crippen LogP contribution < -0.4 is 0 Å². The fraction of sp³-hybridized carbons (Fsp3) is 0.455. The maximum Gasteiger partial charge on any atom is 0.118 e. The fourth-order valence-corrected chi connectivity index (χ4v) is 2.07. The molecule has 2 rings (SSSR count). The summed E-state index contributed by atoms with van der Waals surface area (Å²) < 4.78 is 0. The number of hydrogen-bond acceptors (Lipinski definition) is 1. The van der Waals surface area contributed by atoms with Crippen LogP contribution in [0.5, 0.6) is 5.75 Å². The van der Waals surface area contributed by atoms with Gasteiger partial charge in [-0.05, 0) is 47.9 Å². The van der Waals surface area contributed by atoms with Gasteiger partial charge in [-0.2, -0.15) is 0 Å². The van der Waals surface area contributed by atoms with Crippen LogP contribution >= 0.6 is 0 Å². The molecule has 23 heavy (non-hydrogen) atoms. The molecule has 2 aromatic carbocycles. The molecule has 0 aromatic heterocycles. The smallest absolute Gasteiger partial charge is 0.118 e. The molecule has 0 aliphatic rings. The van der Waals surface area contributed by atoms with Gasteiger partial charge in [0.25, 0.3) is 0 Å². The lowest BCUT2D eigenvalue weighted by molar-refractivity contribution is 0.471. The van der Waals surface area contributed by atoms with Crippen molar-refractivity contribution in [3.05, 3.63) is 65.2 Å². The Morgan fingerprint density at radius 3 is 1.70 bits per heavy atom. The summed E-state index contributed by atoms with van der Waals surface area (Å²) in [6.45, 7) is 10.9. The molecule has 1 heteroatoms. The minimum Gasteiger partial charge on any atom is -0.508 e. The van der Waals surface area contributed by atoms with E-state index in [1.165, 1.54) is 17.5 Å². The van der Waals surface area contributed by atoms with Crippen LogP contribution in [0.1, 0.15) is 65.2 Å². The molecule has 0 unspecified atom stereocenters. The van der Waals surface area contributed by atoms with Crippen LogP contribution in [-0.2, 0) is 6.42 Å². The first-order chi connectivity index (χ1) is 9.90. The summed E-state index contributed by atoms with van der Waals surface area (Å²) >= 11 is 0. The highest BCUT2D eigenvalue weighted by Gasteiger charge is 2.00. The highest BCUT2D eigenvalue weighted by molar-refractivity contribution is 5.29. The molecular formula is C22H36O. The SMILES string of the molecule is C.C.CC(C)Cc1ccc(C(C)C)cc1.Cc1ccccc1O. The van der Waals surface area contributed by atoms with Crippen molar-refractivity contribution in [3.63, 3.8) is 0 Å². The standard InChI is InChI=1S/C13H20.C7H8O.2CH4/c1-10(2)9-12-5-7-13(8-6-12)11(3)4;1-6-4-2-3-5-7(6)8;;/h5-8,10-11H,9H2,1-4H3;2-5,8H,1H3;2*1H4. The fourth-order valence-electron chi connectivity index (χ4n) is 2.07. The van der Waals surface area contributed by atoms with Gasteiger partial charge < -0.3 is 5.11 Å². The summed E-state index contributed by atoms with van der Waals surface area (Å²) in [7, 11) is 0. The molecular weight excluding hydrogens is 280 g/mol. The first-order valence-corrected chi connectivity index (χ1v) is 7.73. The second-order valence-corrected chi connectivity index (χ2v) is 6.28. The zero-order chi connectivity index (χ0) is 15.8. The number of phenols is 1. The Hall–Kier alpha value is -1.76. The van der Waals surface area contributed by atoms with Crippen LogP contribution in [0.2, 0.25) is 0 Å². The van der Waals surface area contributed by atoms with Crippen molar-refractivity contribution in [2.75, 3.05) is 0 Å². The zero-order valence-electron chi connectivity index (χ0n) is 13.9. The molecule has 0 spiro atoms. The first-order valence-electron chi connectivity index (χ1n) is 7.73. The Morgan fingerprint density at radius 1 is 0.826 bits per heavy atom. The predicted molar refractivity (Wildman–Crippen MR) is 105 cm³/mol. The van der Waals surface area contributed by atoms with Crippen LogP contribution in [0, 0.1) is 12.8 Å². The molecule has 0 fully saturated rings. The molecule has 0 atom stereocenters. The molecule has 1 N–H and O–H groups in total. The molecule has 0 radical (unpaired) electrons. The maximum atomic E-state index is 8.92. The van der Waals surface area contributed by atoms with E-state index in [1.54, 1.807) is 6.07 Å². The Bertz CT molecular complexity index is 503. The molecule has 0 aliphatic heterocycles. The highest BCUT2D eigenvalue weighted by atomic mass is 16.3. The quantitative estimate of drug-likeness (QED) is 0.647. The van der Waals surface area contributed by atoms with E-state index in [9.17, 15) is 0 Å². The predicted octanol–water partition coefficient (Wildman–Crippen LogP) is 6.98. The van der Waals surface area contributed by atoms with E-state index < -0.39 is 0 Å². The van der Waals surface area contributed by atoms with Gasteiger partial charge in [0.2, 0.25) is 0 Å². The number of rotatable bonds is 3. The van der Waals surface area contributed by atoms with E-state index >= 15 is 0 Å². The van der Waals surface area contributed by atoms with Crippen molar-refractivity contribution in [3.8, 4) is 5.75 Å². The first kappa shape index (κ1) is 23.5. The van der Waals surface area contributed by atoms with Crippen molar-refractivity contribution in [2.45, 2.75) is 61.8 Å². The van der Waals surface area contributed by atoms with Gasteiger partial charge in [-0.15, -0.1) is 0 Å². The summed E-state index contributed by atoms with van der Waals surface area (Å²) in [5.41, 5.74) is 3.82. The summed E-state index contributed by atoms with van der Waals surface area (Å²) in [5, 5.41) is 8.92. The third kappa shape index (κ3) is 9.07. The van der Waals surface area contributed by atoms with Crippen LogP contribution in [0.3, 0.4) is 0 Å². The average molecular weight is 317 g/mol. The van der Waals surface area contributed by atoms with Crippen molar-refractivity contribution in [1.29, 1.82) is 0 Å². The van der Waals surface area contributed by atoms with Crippen molar-refractivity contribution < 1.29 is 5.11 Å². The Labute approximate surface area is 144 Å². The van der Waals surface area contributed by atoms with E-state index in [1.807, 2.05) is 25.1 Å². The second kappa shape index (κ2) is 11.8. The van der Waals surface area contributed by atoms with Gasteiger partial charge >= 0.3 is 0 Å². The number of aromatic hydroxyl groups is 1.